The molecule has 1 unspecified atom stereocenters. The Bertz CT molecular complexity index is 724. The third-order valence-electron chi connectivity index (χ3n) is 5.21. The maximum atomic E-state index is 12.5. The molecule has 148 valence electrons. The van der Waals surface area contributed by atoms with Crippen molar-refractivity contribution in [3.63, 3.8) is 0 Å². The van der Waals surface area contributed by atoms with Crippen molar-refractivity contribution in [2.75, 3.05) is 13.1 Å². The van der Waals surface area contributed by atoms with Crippen LogP contribution in [0.5, 0.6) is 0 Å². The Kier molecular flexibility index (Phi) is 6.45. The first-order valence-corrected chi connectivity index (χ1v) is 9.62. The number of likely N-dealkylation sites (tertiary alicyclic amines) is 1. The minimum Gasteiger partial charge on any atom is -0.454 e. The molecule has 0 bridgehead atoms. The van der Waals surface area contributed by atoms with Gasteiger partial charge in [0.1, 0.15) is 0 Å². The number of amides is 1. The van der Waals surface area contributed by atoms with Crippen molar-refractivity contribution in [1.82, 2.24) is 4.90 Å². The summed E-state index contributed by atoms with van der Waals surface area (Å²) in [5.74, 6) is -0.689. The SMILES string of the molecule is Cc1ccc(C(=O)C(C)OC(=O)C2CCN(C(=O)C(C)(C)C)CC2)cc1C. The van der Waals surface area contributed by atoms with Crippen LogP contribution in [-0.4, -0.2) is 41.8 Å². The van der Waals surface area contributed by atoms with Gasteiger partial charge in [-0.15, -0.1) is 0 Å². The molecule has 1 saturated heterocycles. The third kappa shape index (κ3) is 5.18. The van der Waals surface area contributed by atoms with Crippen LogP contribution < -0.4 is 0 Å². The van der Waals surface area contributed by atoms with Crippen LogP contribution in [-0.2, 0) is 14.3 Å². The number of carbonyl (C=O) groups is 3. The quantitative estimate of drug-likeness (QED) is 0.596. The van der Waals surface area contributed by atoms with Gasteiger partial charge in [-0.1, -0.05) is 32.9 Å². The maximum Gasteiger partial charge on any atom is 0.309 e. The number of ketones is 1. The molecule has 1 amide bonds. The third-order valence-corrected chi connectivity index (χ3v) is 5.21. The summed E-state index contributed by atoms with van der Waals surface area (Å²) in [5.41, 5.74) is 2.30. The van der Waals surface area contributed by atoms with Crippen LogP contribution in [0.1, 0.15) is 62.0 Å². The standard InChI is InChI=1S/C22H31NO4/c1-14-7-8-18(13-15(14)2)19(24)16(3)27-20(25)17-9-11-23(12-10-17)21(26)22(4,5)6/h7-8,13,16-17H,9-12H2,1-6H3. The minimum atomic E-state index is -0.811. The van der Waals surface area contributed by atoms with E-state index in [0.717, 1.165) is 11.1 Å². The Morgan fingerprint density at radius 3 is 2.19 bits per heavy atom. The molecule has 1 heterocycles. The van der Waals surface area contributed by atoms with E-state index >= 15 is 0 Å². The molecule has 0 spiro atoms. The zero-order valence-corrected chi connectivity index (χ0v) is 17.3. The van der Waals surface area contributed by atoms with Crippen LogP contribution in [0.2, 0.25) is 0 Å². The second-order valence-electron chi connectivity index (χ2n) is 8.56. The van der Waals surface area contributed by atoms with E-state index in [4.69, 9.17) is 4.74 Å². The lowest BCUT2D eigenvalue weighted by Gasteiger charge is -2.35. The summed E-state index contributed by atoms with van der Waals surface area (Å²) >= 11 is 0. The molecule has 0 saturated carbocycles. The van der Waals surface area contributed by atoms with Gasteiger partial charge >= 0.3 is 5.97 Å². The lowest BCUT2D eigenvalue weighted by atomic mass is 9.91. The van der Waals surface area contributed by atoms with Gasteiger partial charge in [0.15, 0.2) is 6.10 Å². The van der Waals surface area contributed by atoms with E-state index in [1.807, 2.05) is 51.7 Å². The number of esters is 1. The van der Waals surface area contributed by atoms with Crippen LogP contribution in [0.4, 0.5) is 0 Å². The van der Waals surface area contributed by atoms with Gasteiger partial charge in [-0.2, -0.15) is 0 Å². The minimum absolute atomic E-state index is 0.104. The highest BCUT2D eigenvalue weighted by atomic mass is 16.5. The van der Waals surface area contributed by atoms with E-state index in [0.29, 0.717) is 31.5 Å². The summed E-state index contributed by atoms with van der Waals surface area (Å²) in [6.07, 6.45) is 0.338. The molecule has 2 rings (SSSR count). The molecular formula is C22H31NO4. The van der Waals surface area contributed by atoms with Crippen molar-refractivity contribution in [2.45, 2.75) is 60.5 Å². The topological polar surface area (TPSA) is 63.7 Å². The molecule has 0 radical (unpaired) electrons. The zero-order chi connectivity index (χ0) is 20.4. The molecule has 1 aromatic carbocycles. The van der Waals surface area contributed by atoms with Crippen molar-refractivity contribution in [3.05, 3.63) is 34.9 Å². The lowest BCUT2D eigenvalue weighted by molar-refractivity contribution is -0.155. The average Bonchev–Trinajstić information content (AvgIpc) is 2.62. The number of carbonyl (C=O) groups excluding carboxylic acids is 3. The summed E-state index contributed by atoms with van der Waals surface area (Å²) in [5, 5.41) is 0. The fourth-order valence-electron chi connectivity index (χ4n) is 3.25. The van der Waals surface area contributed by atoms with Gasteiger partial charge in [0, 0.05) is 24.1 Å². The van der Waals surface area contributed by atoms with Gasteiger partial charge in [0.2, 0.25) is 11.7 Å². The molecule has 1 fully saturated rings. The predicted molar refractivity (Wildman–Crippen MR) is 105 cm³/mol. The molecule has 1 aliphatic heterocycles. The smallest absolute Gasteiger partial charge is 0.309 e. The highest BCUT2D eigenvalue weighted by molar-refractivity contribution is 6.00. The van der Waals surface area contributed by atoms with Gasteiger partial charge < -0.3 is 9.64 Å². The summed E-state index contributed by atoms with van der Waals surface area (Å²) < 4.78 is 5.45. The van der Waals surface area contributed by atoms with Crippen molar-refractivity contribution in [3.8, 4) is 0 Å². The molecule has 5 nitrogen and oxygen atoms in total. The number of rotatable bonds is 4. The van der Waals surface area contributed by atoms with Crippen LogP contribution in [0.25, 0.3) is 0 Å². The molecule has 0 N–H and O–H groups in total. The molecule has 0 aromatic heterocycles. The van der Waals surface area contributed by atoms with Crippen LogP contribution in [0.15, 0.2) is 18.2 Å². The highest BCUT2D eigenvalue weighted by Crippen LogP contribution is 2.25. The lowest BCUT2D eigenvalue weighted by Crippen LogP contribution is -2.45. The van der Waals surface area contributed by atoms with E-state index in [2.05, 4.69) is 0 Å². The number of benzene rings is 1. The number of hydrogen-bond donors (Lipinski definition) is 0. The first-order chi connectivity index (χ1) is 12.5. The molecule has 5 heteroatoms. The van der Waals surface area contributed by atoms with Gasteiger partial charge in [-0.25, -0.2) is 0 Å². The first kappa shape index (κ1) is 21.1. The first-order valence-electron chi connectivity index (χ1n) is 9.62. The van der Waals surface area contributed by atoms with Gasteiger partial charge in [0.25, 0.3) is 0 Å². The Labute approximate surface area is 162 Å². The number of hydrogen-bond acceptors (Lipinski definition) is 4. The van der Waals surface area contributed by atoms with Crippen molar-refractivity contribution in [2.24, 2.45) is 11.3 Å². The fraction of sp³-hybridized carbons (Fsp3) is 0.591. The zero-order valence-electron chi connectivity index (χ0n) is 17.3. The normalized spacial score (nSPS) is 16.7. The number of ether oxygens (including phenoxy) is 1. The predicted octanol–water partition coefficient (Wildman–Crippen LogP) is 3.70. The van der Waals surface area contributed by atoms with Crippen LogP contribution in [0, 0.1) is 25.2 Å². The second kappa shape index (κ2) is 8.24. The molecule has 1 atom stereocenters. The largest absolute Gasteiger partial charge is 0.454 e. The summed E-state index contributed by atoms with van der Waals surface area (Å²) in [6.45, 7) is 12.4. The van der Waals surface area contributed by atoms with E-state index in [9.17, 15) is 14.4 Å². The Morgan fingerprint density at radius 1 is 1.07 bits per heavy atom. The highest BCUT2D eigenvalue weighted by Gasteiger charge is 2.34. The summed E-state index contributed by atoms with van der Waals surface area (Å²) in [4.78, 5) is 39.2. The molecule has 1 aliphatic rings. The average molecular weight is 373 g/mol. The van der Waals surface area contributed by atoms with Crippen molar-refractivity contribution < 1.29 is 19.1 Å². The molecule has 27 heavy (non-hydrogen) atoms. The van der Waals surface area contributed by atoms with E-state index in [-0.39, 0.29) is 23.6 Å². The van der Waals surface area contributed by atoms with Crippen molar-refractivity contribution >= 4 is 17.7 Å². The second-order valence-corrected chi connectivity index (χ2v) is 8.56. The summed E-state index contributed by atoms with van der Waals surface area (Å²) in [7, 11) is 0. The number of nitrogens with zero attached hydrogens (tertiary/aromatic N) is 1. The monoisotopic (exact) mass is 373 g/mol. The Morgan fingerprint density at radius 2 is 1.67 bits per heavy atom. The van der Waals surface area contributed by atoms with Crippen LogP contribution in [0.3, 0.4) is 0 Å². The van der Waals surface area contributed by atoms with E-state index < -0.39 is 11.5 Å². The van der Waals surface area contributed by atoms with Gasteiger partial charge in [-0.3, -0.25) is 14.4 Å². The summed E-state index contributed by atoms with van der Waals surface area (Å²) in [6, 6.07) is 5.50. The maximum absolute atomic E-state index is 12.5. The molecule has 0 aliphatic carbocycles. The molecular weight excluding hydrogens is 342 g/mol. The van der Waals surface area contributed by atoms with E-state index in [1.165, 1.54) is 0 Å². The number of aryl methyl sites for hydroxylation is 2. The number of piperidine rings is 1. The Hall–Kier alpha value is -2.17. The van der Waals surface area contributed by atoms with Gasteiger partial charge in [0.05, 0.1) is 5.92 Å². The fourth-order valence-corrected chi connectivity index (χ4v) is 3.25. The molecule has 1 aromatic rings. The van der Waals surface area contributed by atoms with E-state index in [1.54, 1.807) is 13.0 Å². The van der Waals surface area contributed by atoms with Crippen LogP contribution >= 0.6 is 0 Å². The van der Waals surface area contributed by atoms with Gasteiger partial charge in [-0.05, 0) is 50.8 Å². The van der Waals surface area contributed by atoms with Crippen molar-refractivity contribution in [1.29, 1.82) is 0 Å². The number of Topliss-reactive ketones (excluding diaryl/α,β-unsaturated/α-hetero) is 1. The Balaban J connectivity index is 1.91.